The lowest BCUT2D eigenvalue weighted by Gasteiger charge is -2.12. The van der Waals surface area contributed by atoms with Crippen LogP contribution in [-0.4, -0.2) is 22.4 Å². The summed E-state index contributed by atoms with van der Waals surface area (Å²) in [6, 6.07) is 5.52. The van der Waals surface area contributed by atoms with Crippen LogP contribution < -0.4 is 5.32 Å². The minimum Gasteiger partial charge on any atom is -0.387 e. The molecule has 88 valence electrons. The highest BCUT2D eigenvalue weighted by Gasteiger charge is 2.12. The Labute approximate surface area is 102 Å². The van der Waals surface area contributed by atoms with Crippen molar-refractivity contribution in [2.24, 2.45) is 0 Å². The number of carbonyl (C=O) groups is 1. The maximum atomic E-state index is 12.6. The van der Waals surface area contributed by atoms with Crippen molar-refractivity contribution < 1.29 is 14.3 Å². The lowest BCUT2D eigenvalue weighted by molar-refractivity contribution is -0.120. The molecule has 3 nitrogen and oxygen atoms in total. The zero-order valence-corrected chi connectivity index (χ0v) is 10.4. The lowest BCUT2D eigenvalue weighted by Crippen LogP contribution is -2.32. The third-order valence-corrected chi connectivity index (χ3v) is 2.50. The van der Waals surface area contributed by atoms with Crippen LogP contribution in [0.25, 0.3) is 0 Å². The molecule has 1 rings (SSSR count). The summed E-state index contributed by atoms with van der Waals surface area (Å²) in [6.07, 6.45) is -0.823. The Kier molecular flexibility index (Phi) is 4.89. The summed E-state index contributed by atoms with van der Waals surface area (Å²) < 4.78 is 12.6. The van der Waals surface area contributed by atoms with Crippen LogP contribution in [0.2, 0.25) is 0 Å². The highest BCUT2D eigenvalue weighted by molar-refractivity contribution is 9.10. The molecule has 1 aromatic carbocycles. The first kappa shape index (κ1) is 13.1. The number of aliphatic hydroxyl groups excluding tert-OH is 1. The minimum absolute atomic E-state index is 0.112. The number of nitrogens with one attached hydrogen (secondary N) is 1. The Hall–Kier alpha value is -0.940. The van der Waals surface area contributed by atoms with Gasteiger partial charge in [-0.05, 0) is 24.6 Å². The van der Waals surface area contributed by atoms with E-state index in [4.69, 9.17) is 0 Å². The van der Waals surface area contributed by atoms with Crippen LogP contribution in [0.15, 0.2) is 24.3 Å². The number of halogens is 2. The average molecular weight is 290 g/mol. The fourth-order valence-electron chi connectivity index (χ4n) is 1.14. The number of rotatable bonds is 4. The van der Waals surface area contributed by atoms with E-state index in [1.54, 1.807) is 6.92 Å². The number of hydrogen-bond donors (Lipinski definition) is 2. The molecule has 0 bridgehead atoms. The topological polar surface area (TPSA) is 49.3 Å². The summed E-state index contributed by atoms with van der Waals surface area (Å²) in [6.45, 7) is 1.81. The SMILES string of the molecule is C[C@H](Br)C(=O)NC[C@H](O)c1ccc(F)cc1. The maximum absolute atomic E-state index is 12.6. The second-order valence-corrected chi connectivity index (χ2v) is 4.80. The van der Waals surface area contributed by atoms with Crippen molar-refractivity contribution in [2.45, 2.75) is 17.9 Å². The van der Waals surface area contributed by atoms with Crippen LogP contribution in [0.1, 0.15) is 18.6 Å². The molecule has 2 atom stereocenters. The van der Waals surface area contributed by atoms with Crippen molar-refractivity contribution in [2.75, 3.05) is 6.54 Å². The molecule has 0 aromatic heterocycles. The van der Waals surface area contributed by atoms with Crippen molar-refractivity contribution in [3.63, 3.8) is 0 Å². The van der Waals surface area contributed by atoms with Gasteiger partial charge in [-0.3, -0.25) is 4.79 Å². The van der Waals surface area contributed by atoms with Gasteiger partial charge in [0.15, 0.2) is 0 Å². The first-order valence-electron chi connectivity index (χ1n) is 4.86. The van der Waals surface area contributed by atoms with E-state index >= 15 is 0 Å². The molecule has 5 heteroatoms. The van der Waals surface area contributed by atoms with E-state index in [1.807, 2.05) is 0 Å². The molecule has 0 radical (unpaired) electrons. The molecule has 0 aliphatic carbocycles. The number of alkyl halides is 1. The number of benzene rings is 1. The third kappa shape index (κ3) is 3.90. The Morgan fingerprint density at radius 3 is 2.56 bits per heavy atom. The van der Waals surface area contributed by atoms with Crippen molar-refractivity contribution in [1.29, 1.82) is 0 Å². The zero-order valence-electron chi connectivity index (χ0n) is 8.78. The van der Waals surface area contributed by atoms with E-state index in [0.29, 0.717) is 5.56 Å². The van der Waals surface area contributed by atoms with Gasteiger partial charge in [0.1, 0.15) is 5.82 Å². The third-order valence-electron chi connectivity index (χ3n) is 2.09. The van der Waals surface area contributed by atoms with E-state index in [2.05, 4.69) is 21.2 Å². The standard InChI is InChI=1S/C11H13BrFNO2/c1-7(12)11(16)14-6-10(15)8-2-4-9(13)5-3-8/h2-5,7,10,15H,6H2,1H3,(H,14,16)/t7-,10-/m0/s1. The van der Waals surface area contributed by atoms with E-state index in [-0.39, 0.29) is 23.1 Å². The summed E-state index contributed by atoms with van der Waals surface area (Å²) in [7, 11) is 0. The summed E-state index contributed by atoms with van der Waals surface area (Å²) in [5, 5.41) is 12.3. The highest BCUT2D eigenvalue weighted by atomic mass is 79.9. The van der Waals surface area contributed by atoms with E-state index in [9.17, 15) is 14.3 Å². The highest BCUT2D eigenvalue weighted by Crippen LogP contribution is 2.12. The smallest absolute Gasteiger partial charge is 0.233 e. The number of carbonyl (C=O) groups excluding carboxylic acids is 1. The molecule has 0 heterocycles. The van der Waals surface area contributed by atoms with Crippen LogP contribution >= 0.6 is 15.9 Å². The summed E-state index contributed by atoms with van der Waals surface area (Å²) >= 11 is 3.11. The van der Waals surface area contributed by atoms with Gasteiger partial charge >= 0.3 is 0 Å². The van der Waals surface area contributed by atoms with Gasteiger partial charge in [0.25, 0.3) is 0 Å². The van der Waals surface area contributed by atoms with Crippen LogP contribution in [0, 0.1) is 5.82 Å². The molecule has 0 saturated carbocycles. The van der Waals surface area contributed by atoms with Crippen LogP contribution in [0.5, 0.6) is 0 Å². The first-order valence-corrected chi connectivity index (χ1v) is 5.77. The van der Waals surface area contributed by atoms with Crippen LogP contribution in [-0.2, 0) is 4.79 Å². The molecule has 0 spiro atoms. The molecule has 0 fully saturated rings. The van der Waals surface area contributed by atoms with Gasteiger partial charge in [0, 0.05) is 6.54 Å². The second-order valence-electron chi connectivity index (χ2n) is 3.43. The minimum atomic E-state index is -0.823. The van der Waals surface area contributed by atoms with Gasteiger partial charge in [-0.25, -0.2) is 4.39 Å². The van der Waals surface area contributed by atoms with Gasteiger partial charge < -0.3 is 10.4 Å². The van der Waals surface area contributed by atoms with Gasteiger partial charge in [-0.1, -0.05) is 28.1 Å². The lowest BCUT2D eigenvalue weighted by atomic mass is 10.1. The number of hydrogen-bond acceptors (Lipinski definition) is 2. The number of aliphatic hydroxyl groups is 1. The van der Waals surface area contributed by atoms with Gasteiger partial charge in [0.2, 0.25) is 5.91 Å². The predicted octanol–water partition coefficient (Wildman–Crippen LogP) is 1.76. The Bertz CT molecular complexity index is 354. The maximum Gasteiger partial charge on any atom is 0.233 e. The summed E-state index contributed by atoms with van der Waals surface area (Å²) in [5.41, 5.74) is 0.573. The van der Waals surface area contributed by atoms with Crippen LogP contribution in [0.4, 0.5) is 4.39 Å². The van der Waals surface area contributed by atoms with Crippen molar-refractivity contribution in [3.05, 3.63) is 35.6 Å². The van der Waals surface area contributed by atoms with Crippen molar-refractivity contribution in [3.8, 4) is 0 Å². The van der Waals surface area contributed by atoms with Gasteiger partial charge in [-0.2, -0.15) is 0 Å². The molecular formula is C11H13BrFNO2. The molecular weight excluding hydrogens is 277 g/mol. The summed E-state index contributed by atoms with van der Waals surface area (Å²) in [5.74, 6) is -0.546. The molecule has 1 amide bonds. The van der Waals surface area contributed by atoms with E-state index < -0.39 is 6.10 Å². The quantitative estimate of drug-likeness (QED) is 0.830. The van der Waals surface area contributed by atoms with Crippen LogP contribution in [0.3, 0.4) is 0 Å². The van der Waals surface area contributed by atoms with Gasteiger partial charge in [-0.15, -0.1) is 0 Å². The Morgan fingerprint density at radius 2 is 2.06 bits per heavy atom. The fraction of sp³-hybridized carbons (Fsp3) is 0.364. The molecule has 0 unspecified atom stereocenters. The Morgan fingerprint density at radius 1 is 1.50 bits per heavy atom. The molecule has 16 heavy (non-hydrogen) atoms. The molecule has 0 aliphatic heterocycles. The molecule has 0 aliphatic rings. The van der Waals surface area contributed by atoms with Crippen molar-refractivity contribution >= 4 is 21.8 Å². The Balaban J connectivity index is 2.49. The van der Waals surface area contributed by atoms with Gasteiger partial charge in [0.05, 0.1) is 10.9 Å². The van der Waals surface area contributed by atoms with E-state index in [0.717, 1.165) is 0 Å². The fourth-order valence-corrected chi connectivity index (χ4v) is 1.30. The zero-order chi connectivity index (χ0) is 12.1. The second kappa shape index (κ2) is 5.96. The van der Waals surface area contributed by atoms with E-state index in [1.165, 1.54) is 24.3 Å². The largest absolute Gasteiger partial charge is 0.387 e. The molecule has 2 N–H and O–H groups in total. The molecule has 0 saturated heterocycles. The monoisotopic (exact) mass is 289 g/mol. The first-order chi connectivity index (χ1) is 7.50. The van der Waals surface area contributed by atoms with Crippen molar-refractivity contribution in [1.82, 2.24) is 5.32 Å². The predicted molar refractivity (Wildman–Crippen MR) is 62.8 cm³/mol. The average Bonchev–Trinajstić information content (AvgIpc) is 2.26. The summed E-state index contributed by atoms with van der Waals surface area (Å²) in [4.78, 5) is 10.9. The molecule has 1 aromatic rings. The number of amides is 1. The normalized spacial score (nSPS) is 14.2.